The van der Waals surface area contributed by atoms with Crippen LogP contribution in [0.4, 0.5) is 4.39 Å². The zero-order chi connectivity index (χ0) is 19.4. The van der Waals surface area contributed by atoms with Gasteiger partial charge in [-0.05, 0) is 55.1 Å². The lowest BCUT2D eigenvalue weighted by atomic mass is 9.68. The molecule has 1 aliphatic carbocycles. The van der Waals surface area contributed by atoms with Crippen LogP contribution >= 0.6 is 0 Å². The van der Waals surface area contributed by atoms with Gasteiger partial charge in [-0.2, -0.15) is 5.26 Å². The fourth-order valence-electron chi connectivity index (χ4n) is 4.18. The topological polar surface area (TPSA) is 50.8 Å². The maximum atomic E-state index is 13.6. The van der Waals surface area contributed by atoms with Gasteiger partial charge in [0.1, 0.15) is 6.80 Å². The summed E-state index contributed by atoms with van der Waals surface area (Å²) >= 11 is 0. The third-order valence-corrected chi connectivity index (χ3v) is 5.74. The van der Waals surface area contributed by atoms with Crippen molar-refractivity contribution in [3.05, 3.63) is 35.4 Å². The summed E-state index contributed by atoms with van der Waals surface area (Å²) in [6.45, 7) is 8.14. The summed E-state index contributed by atoms with van der Waals surface area (Å²) in [6, 6.07) is 11.2. The van der Waals surface area contributed by atoms with Crippen LogP contribution in [0.1, 0.15) is 69.9 Å². The van der Waals surface area contributed by atoms with E-state index in [4.69, 9.17) is 10.5 Å². The fourth-order valence-corrected chi connectivity index (χ4v) is 4.18. The zero-order valence-electron chi connectivity index (χ0n) is 16.3. The summed E-state index contributed by atoms with van der Waals surface area (Å²) in [5.41, 5.74) is 2.70. The molecule has 4 heteroatoms. The van der Waals surface area contributed by atoms with E-state index in [0.717, 1.165) is 44.9 Å². The average molecular weight is 358 g/mol. The minimum absolute atomic E-state index is 0.185. The highest BCUT2D eigenvalue weighted by Crippen LogP contribution is 2.44. The van der Waals surface area contributed by atoms with Gasteiger partial charge < -0.3 is 0 Å². The predicted molar refractivity (Wildman–Crippen MR) is 104 cm³/mol. The summed E-state index contributed by atoms with van der Waals surface area (Å²) in [5, 5.41) is 15.6. The second-order valence-electron chi connectivity index (χ2n) is 7.35. The van der Waals surface area contributed by atoms with Crippen LogP contribution in [0.5, 0.6) is 0 Å². The fraction of sp³-hybridized carbons (Fsp3) is 0.636. The van der Waals surface area contributed by atoms with Crippen molar-refractivity contribution < 1.29 is 4.39 Å². The predicted octanol–water partition coefficient (Wildman–Crippen LogP) is 5.76. The Bertz CT molecular complexity index is 565. The second-order valence-corrected chi connectivity index (χ2v) is 7.35. The highest BCUT2D eigenvalue weighted by Gasteiger charge is 2.36. The maximum Gasteiger partial charge on any atom is 0.143 e. The van der Waals surface area contributed by atoms with Crippen LogP contribution in [0.3, 0.4) is 0 Å². The van der Waals surface area contributed by atoms with Crippen molar-refractivity contribution in [2.45, 2.75) is 77.8 Å². The average Bonchev–Trinajstić information content (AvgIpc) is 2.69. The molecule has 0 aliphatic heterocycles. The van der Waals surface area contributed by atoms with Crippen molar-refractivity contribution >= 4 is 0 Å². The molecule has 0 N–H and O–H groups in total. The number of rotatable bonds is 8. The Kier molecular flexibility index (Phi) is 9.92. The summed E-state index contributed by atoms with van der Waals surface area (Å²) < 4.78 is 13.6. The third kappa shape index (κ3) is 6.11. The molecule has 0 heterocycles. The Morgan fingerprint density at radius 1 is 1.15 bits per heavy atom. The molecule has 142 valence electrons. The molecule has 0 atom stereocenters. The molecule has 1 aromatic rings. The van der Waals surface area contributed by atoms with Gasteiger partial charge in [0.15, 0.2) is 0 Å². The molecule has 0 unspecified atom stereocenters. The molecule has 1 aromatic carbocycles. The van der Waals surface area contributed by atoms with E-state index in [0.29, 0.717) is 19.0 Å². The largest absolute Gasteiger partial charge is 0.269 e. The van der Waals surface area contributed by atoms with E-state index in [9.17, 15) is 4.39 Å². The minimum atomic E-state index is -0.390. The second kappa shape index (κ2) is 11.7. The van der Waals surface area contributed by atoms with E-state index in [1.165, 1.54) is 11.1 Å². The number of nitrogens with zero attached hydrogens (tertiary/aromatic N) is 3. The van der Waals surface area contributed by atoms with Crippen LogP contribution in [0.25, 0.3) is 0 Å². The lowest BCUT2D eigenvalue weighted by Gasteiger charge is -2.42. The molecule has 2 rings (SSSR count). The first kappa shape index (κ1) is 22.1. The van der Waals surface area contributed by atoms with Crippen LogP contribution in [0, 0.1) is 28.6 Å². The van der Waals surface area contributed by atoms with E-state index in [1.807, 2.05) is 4.90 Å². The quantitative estimate of drug-likeness (QED) is 0.556. The van der Waals surface area contributed by atoms with Crippen LogP contribution < -0.4 is 0 Å². The van der Waals surface area contributed by atoms with Gasteiger partial charge in [0.25, 0.3) is 0 Å². The first-order valence-corrected chi connectivity index (χ1v) is 9.67. The molecule has 1 saturated carbocycles. The Labute approximate surface area is 158 Å². The summed E-state index contributed by atoms with van der Waals surface area (Å²) in [7, 11) is 0. The van der Waals surface area contributed by atoms with E-state index >= 15 is 0 Å². The van der Waals surface area contributed by atoms with Gasteiger partial charge in [-0.25, -0.2) is 9.65 Å². The lowest BCUT2D eigenvalue weighted by molar-refractivity contribution is 0.0510. The number of hydrogen-bond donors (Lipinski definition) is 0. The monoisotopic (exact) mass is 357 g/mol. The van der Waals surface area contributed by atoms with Gasteiger partial charge in [0, 0.05) is 25.6 Å². The van der Waals surface area contributed by atoms with Gasteiger partial charge in [0.05, 0.1) is 6.07 Å². The van der Waals surface area contributed by atoms with Crippen LogP contribution in [0.15, 0.2) is 24.3 Å². The first-order valence-electron chi connectivity index (χ1n) is 9.67. The van der Waals surface area contributed by atoms with Crippen molar-refractivity contribution in [1.29, 1.82) is 10.5 Å². The maximum absolute atomic E-state index is 13.6. The number of nitriles is 2. The summed E-state index contributed by atoms with van der Waals surface area (Å²) in [5.74, 6) is 0. The number of hydrogen-bond acceptors (Lipinski definition) is 3. The molecule has 0 spiro atoms. The smallest absolute Gasteiger partial charge is 0.143 e. The summed E-state index contributed by atoms with van der Waals surface area (Å²) in [6.07, 6.45) is 8.09. The van der Waals surface area contributed by atoms with Crippen LogP contribution in [-0.2, 0) is 13.0 Å². The molecular weight excluding hydrogens is 325 g/mol. The Morgan fingerprint density at radius 3 is 2.19 bits per heavy atom. The van der Waals surface area contributed by atoms with Crippen molar-refractivity contribution in [1.82, 2.24) is 4.90 Å². The van der Waals surface area contributed by atoms with Crippen LogP contribution in [-0.4, -0.2) is 17.7 Å². The van der Waals surface area contributed by atoms with Crippen molar-refractivity contribution in [3.63, 3.8) is 0 Å². The van der Waals surface area contributed by atoms with Crippen molar-refractivity contribution in [2.75, 3.05) is 6.80 Å². The molecule has 3 nitrogen and oxygen atoms in total. The molecule has 0 radical (unpaired) electrons. The molecule has 0 saturated heterocycles. The SMILES string of the molecule is C#N.CCCC1(CC#N)CCC(N(CF)Cc2ccc(CC)cc2)CC1. The highest BCUT2D eigenvalue weighted by atomic mass is 19.1. The number of benzene rings is 1. The molecule has 1 fully saturated rings. The van der Waals surface area contributed by atoms with E-state index < -0.39 is 0 Å². The van der Waals surface area contributed by atoms with Gasteiger partial charge in [-0.15, -0.1) is 0 Å². The lowest BCUT2D eigenvalue weighted by Crippen LogP contribution is -2.40. The van der Waals surface area contributed by atoms with Gasteiger partial charge in [-0.1, -0.05) is 44.5 Å². The molecule has 26 heavy (non-hydrogen) atoms. The van der Waals surface area contributed by atoms with Gasteiger partial charge in [0.2, 0.25) is 0 Å². The van der Waals surface area contributed by atoms with Gasteiger partial charge >= 0.3 is 0 Å². The molecule has 0 aromatic heterocycles. The first-order chi connectivity index (χ1) is 12.7. The highest BCUT2D eigenvalue weighted by molar-refractivity contribution is 5.22. The molecule has 0 bridgehead atoms. The van der Waals surface area contributed by atoms with E-state index in [-0.39, 0.29) is 12.2 Å². The normalized spacial score (nSPS) is 22.3. The third-order valence-electron chi connectivity index (χ3n) is 5.74. The van der Waals surface area contributed by atoms with Gasteiger partial charge in [-0.3, -0.25) is 4.90 Å². The van der Waals surface area contributed by atoms with Crippen molar-refractivity contribution in [3.8, 4) is 12.6 Å². The number of halogens is 1. The van der Waals surface area contributed by atoms with E-state index in [1.54, 1.807) is 0 Å². The molecular formula is C22H32FN3. The van der Waals surface area contributed by atoms with Crippen molar-refractivity contribution in [2.24, 2.45) is 5.41 Å². The van der Waals surface area contributed by atoms with Crippen LogP contribution in [0.2, 0.25) is 0 Å². The number of alkyl halides is 1. The summed E-state index contributed by atoms with van der Waals surface area (Å²) in [4.78, 5) is 1.98. The molecule has 0 amide bonds. The number of aryl methyl sites for hydroxylation is 1. The minimum Gasteiger partial charge on any atom is -0.269 e. The Morgan fingerprint density at radius 2 is 1.73 bits per heavy atom. The standard InChI is InChI=1S/C21H31FN2.CHN/c1-3-11-21(14-15-23)12-9-20(10-13-21)24(17-22)16-19-7-5-18(4-2)6-8-19;1-2/h5-8,20H,3-4,9-14,16-17H2,1-2H3;1H. The van der Waals surface area contributed by atoms with E-state index in [2.05, 4.69) is 50.8 Å². The molecule has 1 aliphatic rings. The Hall–Kier alpha value is -1.91. The zero-order valence-corrected chi connectivity index (χ0v) is 16.3. The Balaban J connectivity index is 0.00000163.